The molecule has 1 amide bonds. The van der Waals surface area contributed by atoms with Crippen LogP contribution in [0.15, 0.2) is 0 Å². The van der Waals surface area contributed by atoms with Crippen LogP contribution in [0.2, 0.25) is 0 Å². The fourth-order valence-electron chi connectivity index (χ4n) is 5.38. The zero-order valence-electron chi connectivity index (χ0n) is 23.7. The summed E-state index contributed by atoms with van der Waals surface area (Å²) in [5, 5.41) is 78.4. The predicted molar refractivity (Wildman–Crippen MR) is 146 cm³/mol. The molecular formula is C24H49N7O12. The average Bonchev–Trinajstić information content (AvgIpc) is 2.99. The van der Waals surface area contributed by atoms with Crippen molar-refractivity contribution in [2.24, 2.45) is 28.7 Å². The van der Waals surface area contributed by atoms with Crippen molar-refractivity contribution in [3.8, 4) is 0 Å². The van der Waals surface area contributed by atoms with Gasteiger partial charge in [-0.2, -0.15) is 0 Å². The Morgan fingerprint density at radius 2 is 1.51 bits per heavy atom. The average molecular weight is 628 g/mol. The van der Waals surface area contributed by atoms with E-state index in [1.807, 2.05) is 0 Å². The number of nitrogens with two attached hydrogens (primary N) is 5. The van der Waals surface area contributed by atoms with Gasteiger partial charge in [-0.25, -0.2) is 0 Å². The van der Waals surface area contributed by atoms with Crippen molar-refractivity contribution in [3.63, 3.8) is 0 Å². The van der Waals surface area contributed by atoms with Gasteiger partial charge in [-0.15, -0.1) is 0 Å². The summed E-state index contributed by atoms with van der Waals surface area (Å²) in [6, 6.07) is -4.63. The molecule has 0 aromatic rings. The largest absolute Gasteiger partial charge is 0.394 e. The van der Waals surface area contributed by atoms with Crippen molar-refractivity contribution in [1.82, 2.24) is 10.6 Å². The molecule has 1 saturated carbocycles. The second kappa shape index (κ2) is 16.4. The molecule has 0 radical (unpaired) electrons. The highest BCUT2D eigenvalue weighted by molar-refractivity contribution is 5.81. The van der Waals surface area contributed by atoms with Gasteiger partial charge in [0.25, 0.3) is 0 Å². The number of ether oxygens (including phenoxy) is 4. The maximum absolute atomic E-state index is 12.5. The molecule has 16 atom stereocenters. The lowest BCUT2D eigenvalue weighted by Crippen LogP contribution is -2.70. The van der Waals surface area contributed by atoms with Gasteiger partial charge in [0.2, 0.25) is 5.91 Å². The van der Waals surface area contributed by atoms with E-state index in [0.29, 0.717) is 19.5 Å². The van der Waals surface area contributed by atoms with E-state index in [2.05, 4.69) is 10.6 Å². The number of aliphatic hydroxyl groups is 7. The van der Waals surface area contributed by atoms with Crippen LogP contribution in [-0.4, -0.2) is 172 Å². The Morgan fingerprint density at radius 1 is 0.860 bits per heavy atom. The molecule has 0 aromatic carbocycles. The van der Waals surface area contributed by atoms with Gasteiger partial charge < -0.3 is 94.0 Å². The predicted octanol–water partition coefficient (Wildman–Crippen LogP) is -8.87. The Kier molecular flexibility index (Phi) is 13.8. The number of carbonyl (C=O) groups is 1. The normalized spacial score (nSPS) is 44.6. The summed E-state index contributed by atoms with van der Waals surface area (Å²) in [5.74, 6) is -0.884. The van der Waals surface area contributed by atoms with Gasteiger partial charge >= 0.3 is 0 Å². The fraction of sp³-hybridized carbons (Fsp3) is 0.958. The van der Waals surface area contributed by atoms with Crippen LogP contribution >= 0.6 is 0 Å². The first-order chi connectivity index (χ1) is 20.4. The highest BCUT2D eigenvalue weighted by atomic mass is 16.7. The van der Waals surface area contributed by atoms with E-state index in [-0.39, 0.29) is 13.0 Å². The summed E-state index contributed by atoms with van der Waals surface area (Å²) < 4.78 is 23.2. The van der Waals surface area contributed by atoms with E-state index < -0.39 is 117 Å². The number of carbonyl (C=O) groups excluding carboxylic acids is 1. The number of nitrogens with one attached hydrogen (secondary N) is 2. The molecule has 0 bridgehead atoms. The minimum Gasteiger partial charge on any atom is -0.394 e. The van der Waals surface area contributed by atoms with Gasteiger partial charge in [-0.05, 0) is 25.9 Å². The van der Waals surface area contributed by atoms with Crippen LogP contribution in [0.5, 0.6) is 0 Å². The summed E-state index contributed by atoms with van der Waals surface area (Å²) in [5.41, 5.74) is 29.2. The van der Waals surface area contributed by atoms with E-state index in [1.165, 1.54) is 0 Å². The SMILES string of the molecule is NCCCNC[C@H]1O[C@H](O[C@H]2[C@H](O)[C@@H](O[C@H]3O[C@H](CO)[C@@H](O)[C@H](N)[C@H]3O)[C@H](NC(=O)[C@@H](O)CN)C[C@@H]2N)[C@H](N)[C@@H](O)[C@@H]1O. The molecule has 3 rings (SSSR count). The Balaban J connectivity index is 1.81. The first-order valence-corrected chi connectivity index (χ1v) is 14.3. The monoisotopic (exact) mass is 627 g/mol. The van der Waals surface area contributed by atoms with Gasteiger partial charge in [-0.3, -0.25) is 4.79 Å². The molecular weight excluding hydrogens is 578 g/mol. The minimum atomic E-state index is -1.67. The fourth-order valence-corrected chi connectivity index (χ4v) is 5.38. The van der Waals surface area contributed by atoms with Gasteiger partial charge in [0.05, 0.1) is 24.7 Å². The quantitative estimate of drug-likeness (QED) is 0.0842. The van der Waals surface area contributed by atoms with Crippen molar-refractivity contribution >= 4 is 5.91 Å². The third kappa shape index (κ3) is 8.54. The zero-order chi connectivity index (χ0) is 32.0. The molecule has 19 N–H and O–H groups in total. The number of amides is 1. The molecule has 19 heteroatoms. The van der Waals surface area contributed by atoms with Crippen molar-refractivity contribution in [2.45, 2.75) is 111 Å². The number of hydrogen-bond acceptors (Lipinski definition) is 18. The molecule has 2 aliphatic heterocycles. The van der Waals surface area contributed by atoms with Crippen LogP contribution in [0.25, 0.3) is 0 Å². The maximum Gasteiger partial charge on any atom is 0.250 e. The summed E-state index contributed by atoms with van der Waals surface area (Å²) in [4.78, 5) is 12.5. The summed E-state index contributed by atoms with van der Waals surface area (Å²) in [6.45, 7) is 0.0433. The molecule has 0 unspecified atom stereocenters. The Labute approximate surface area is 248 Å². The minimum absolute atomic E-state index is 0.104. The third-order valence-corrected chi connectivity index (χ3v) is 8.04. The van der Waals surface area contributed by atoms with E-state index in [4.69, 9.17) is 47.6 Å². The van der Waals surface area contributed by atoms with Crippen LogP contribution in [0.3, 0.4) is 0 Å². The Hall–Kier alpha value is -1.21. The first-order valence-electron chi connectivity index (χ1n) is 14.3. The van der Waals surface area contributed by atoms with Crippen LogP contribution in [-0.2, 0) is 23.7 Å². The molecule has 252 valence electrons. The Bertz CT molecular complexity index is 867. The molecule has 1 aliphatic carbocycles. The van der Waals surface area contributed by atoms with Gasteiger partial charge in [-0.1, -0.05) is 0 Å². The van der Waals surface area contributed by atoms with Crippen LogP contribution in [0.4, 0.5) is 0 Å². The van der Waals surface area contributed by atoms with Crippen molar-refractivity contribution in [2.75, 3.05) is 32.8 Å². The van der Waals surface area contributed by atoms with Crippen molar-refractivity contribution < 1.29 is 59.5 Å². The lowest BCUT2D eigenvalue weighted by molar-refractivity contribution is -0.320. The zero-order valence-corrected chi connectivity index (χ0v) is 23.7. The number of hydrogen-bond donors (Lipinski definition) is 14. The van der Waals surface area contributed by atoms with Gasteiger partial charge in [0, 0.05) is 19.1 Å². The van der Waals surface area contributed by atoms with E-state index in [1.54, 1.807) is 0 Å². The molecule has 19 nitrogen and oxygen atoms in total. The second-order valence-electron chi connectivity index (χ2n) is 11.2. The third-order valence-electron chi connectivity index (χ3n) is 8.04. The van der Waals surface area contributed by atoms with E-state index >= 15 is 0 Å². The van der Waals surface area contributed by atoms with E-state index in [0.717, 1.165) is 0 Å². The van der Waals surface area contributed by atoms with Crippen molar-refractivity contribution in [3.05, 3.63) is 0 Å². The molecule has 0 spiro atoms. The standard InChI is InChI=1S/C24H49N7O12/c25-2-1-3-30-6-11-16(35)17(36)14(29)23(40-11)42-20-8(27)4-9(31-22(39)10(33)5-26)21(19(20)38)43-24-18(37)13(28)15(34)12(7-32)41-24/h8-21,23-24,30,32-38H,1-7,25-29H2,(H,31,39)/t8-,9+,10-,11+,12+,13-,14+,15+,16+,17+,18+,19-,20+,21-,23+,24+/m0/s1. The topological polar surface area (TPSA) is 350 Å². The molecule has 43 heavy (non-hydrogen) atoms. The smallest absolute Gasteiger partial charge is 0.250 e. The van der Waals surface area contributed by atoms with Crippen LogP contribution in [0, 0.1) is 0 Å². The molecule has 0 aromatic heterocycles. The lowest BCUT2D eigenvalue weighted by Gasteiger charge is -2.49. The highest BCUT2D eigenvalue weighted by Gasteiger charge is 2.52. The van der Waals surface area contributed by atoms with E-state index in [9.17, 15) is 40.5 Å². The van der Waals surface area contributed by atoms with Gasteiger partial charge in [0.15, 0.2) is 12.6 Å². The maximum atomic E-state index is 12.5. The number of rotatable bonds is 13. The molecule has 2 saturated heterocycles. The highest BCUT2D eigenvalue weighted by Crippen LogP contribution is 2.31. The summed E-state index contributed by atoms with van der Waals surface area (Å²) in [6.07, 6.45) is -16.4. The lowest BCUT2D eigenvalue weighted by atomic mass is 9.83. The number of aliphatic hydroxyl groups excluding tert-OH is 7. The van der Waals surface area contributed by atoms with Crippen LogP contribution in [0.1, 0.15) is 12.8 Å². The second-order valence-corrected chi connectivity index (χ2v) is 11.2. The van der Waals surface area contributed by atoms with Gasteiger partial charge in [0.1, 0.15) is 61.0 Å². The molecule has 3 aliphatic rings. The summed E-state index contributed by atoms with van der Waals surface area (Å²) >= 11 is 0. The van der Waals surface area contributed by atoms with Crippen LogP contribution < -0.4 is 39.3 Å². The first kappa shape index (κ1) is 36.3. The molecule has 2 heterocycles. The molecule has 3 fully saturated rings. The van der Waals surface area contributed by atoms with Crippen molar-refractivity contribution in [1.29, 1.82) is 0 Å². The Morgan fingerprint density at radius 3 is 2.14 bits per heavy atom. The summed E-state index contributed by atoms with van der Waals surface area (Å²) in [7, 11) is 0.